The number of fused-ring (bicyclic) bond motifs is 2. The van der Waals surface area contributed by atoms with E-state index in [9.17, 15) is 30.0 Å². The summed E-state index contributed by atoms with van der Waals surface area (Å²) >= 11 is 0. The summed E-state index contributed by atoms with van der Waals surface area (Å²) in [6.07, 6.45) is 0.149. The zero-order chi connectivity index (χ0) is 27.1. The number of ether oxygens (including phenoxy) is 2. The van der Waals surface area contributed by atoms with E-state index in [4.69, 9.17) is 9.47 Å². The molecule has 196 valence electrons. The number of phenols is 2. The van der Waals surface area contributed by atoms with Gasteiger partial charge in [0.2, 0.25) is 11.8 Å². The SMILES string of the molecule is CCOC(=O)c1c2c(n(-c3ccc(O)cc3)c1O)Cc1c(C(=O)OCC)c(O)n(-c3ccc(O)cc3)c1C2. The first-order valence-corrected chi connectivity index (χ1v) is 12.1. The number of nitrogens with zero attached hydrogens (tertiary/aromatic N) is 2. The molecule has 38 heavy (non-hydrogen) atoms. The smallest absolute Gasteiger partial charge is 0.343 e. The standard InChI is InChI=1S/C28H26N2O8/c1-3-37-27(35)23-19-13-22-20(14-21(19)29(25(23)33)15-5-9-17(31)10-6-15)24(28(36)38-4-2)26(34)30(22)16-7-11-18(32)12-8-16/h5-12,31-34H,3-4,13-14H2,1-2H3. The normalized spacial score (nSPS) is 12.1. The molecule has 0 radical (unpaired) electrons. The van der Waals surface area contributed by atoms with Crippen molar-refractivity contribution in [3.05, 3.63) is 82.2 Å². The summed E-state index contributed by atoms with van der Waals surface area (Å²) in [5, 5.41) is 42.1. The fourth-order valence-electron chi connectivity index (χ4n) is 4.99. The average Bonchev–Trinajstić information content (AvgIpc) is 3.33. The summed E-state index contributed by atoms with van der Waals surface area (Å²) in [6, 6.07) is 12.2. The van der Waals surface area contributed by atoms with Crippen LogP contribution < -0.4 is 0 Å². The zero-order valence-electron chi connectivity index (χ0n) is 20.8. The predicted octanol–water partition coefficient (Wildman–Crippen LogP) is 3.94. The van der Waals surface area contributed by atoms with Crippen molar-refractivity contribution in [2.75, 3.05) is 13.2 Å². The van der Waals surface area contributed by atoms with Crippen LogP contribution in [0.4, 0.5) is 0 Å². The van der Waals surface area contributed by atoms with Crippen LogP contribution in [-0.4, -0.2) is 54.7 Å². The number of phenolic OH excluding ortho intramolecular Hbond substituents is 2. The van der Waals surface area contributed by atoms with Crippen molar-refractivity contribution in [2.45, 2.75) is 26.7 Å². The number of aromatic hydroxyl groups is 4. The fraction of sp³-hybridized carbons (Fsp3) is 0.214. The molecule has 0 aliphatic heterocycles. The quantitative estimate of drug-likeness (QED) is 0.248. The molecule has 5 rings (SSSR count). The van der Waals surface area contributed by atoms with Crippen molar-refractivity contribution < 1.29 is 39.5 Å². The van der Waals surface area contributed by atoms with Crippen molar-refractivity contribution in [3.8, 4) is 34.6 Å². The van der Waals surface area contributed by atoms with Gasteiger partial charge < -0.3 is 29.9 Å². The molecular formula is C28H26N2O8. The number of hydrogen-bond donors (Lipinski definition) is 4. The molecule has 0 saturated carbocycles. The third kappa shape index (κ3) is 3.90. The monoisotopic (exact) mass is 518 g/mol. The van der Waals surface area contributed by atoms with E-state index >= 15 is 0 Å². The van der Waals surface area contributed by atoms with Crippen LogP contribution in [0.1, 0.15) is 57.1 Å². The number of hydrogen-bond acceptors (Lipinski definition) is 8. The van der Waals surface area contributed by atoms with Crippen molar-refractivity contribution in [1.29, 1.82) is 0 Å². The highest BCUT2D eigenvalue weighted by Gasteiger charge is 2.38. The molecule has 10 heteroatoms. The molecule has 2 heterocycles. The third-order valence-electron chi connectivity index (χ3n) is 6.57. The second kappa shape index (κ2) is 9.55. The van der Waals surface area contributed by atoms with E-state index in [2.05, 4.69) is 0 Å². The van der Waals surface area contributed by atoms with Gasteiger partial charge in [-0.05, 0) is 73.5 Å². The first kappa shape index (κ1) is 24.8. The Morgan fingerprint density at radius 2 is 1.00 bits per heavy atom. The van der Waals surface area contributed by atoms with E-state index in [0.717, 1.165) is 0 Å². The lowest BCUT2D eigenvalue weighted by atomic mass is 9.90. The van der Waals surface area contributed by atoms with Gasteiger partial charge in [0.05, 0.1) is 13.2 Å². The van der Waals surface area contributed by atoms with E-state index < -0.39 is 11.9 Å². The highest BCUT2D eigenvalue weighted by atomic mass is 16.5. The van der Waals surface area contributed by atoms with Crippen molar-refractivity contribution >= 4 is 11.9 Å². The molecule has 0 amide bonds. The molecule has 1 aliphatic carbocycles. The Morgan fingerprint density at radius 1 is 0.658 bits per heavy atom. The molecule has 0 spiro atoms. The second-order valence-electron chi connectivity index (χ2n) is 8.75. The van der Waals surface area contributed by atoms with E-state index in [-0.39, 0.29) is 60.4 Å². The Labute approximate surface area is 217 Å². The van der Waals surface area contributed by atoms with Gasteiger partial charge in [0.1, 0.15) is 22.6 Å². The topological polar surface area (TPSA) is 143 Å². The summed E-state index contributed by atoms with van der Waals surface area (Å²) in [6.45, 7) is 3.52. The van der Waals surface area contributed by atoms with Crippen molar-refractivity contribution in [1.82, 2.24) is 9.13 Å². The number of benzene rings is 2. The largest absolute Gasteiger partial charge is 0.508 e. The number of rotatable bonds is 6. The lowest BCUT2D eigenvalue weighted by Crippen LogP contribution is -2.16. The second-order valence-corrected chi connectivity index (χ2v) is 8.75. The van der Waals surface area contributed by atoms with E-state index in [1.807, 2.05) is 0 Å². The average molecular weight is 519 g/mol. The molecule has 4 aromatic rings. The molecule has 2 aromatic carbocycles. The van der Waals surface area contributed by atoms with Crippen LogP contribution >= 0.6 is 0 Å². The first-order valence-electron chi connectivity index (χ1n) is 12.1. The minimum atomic E-state index is -0.709. The van der Waals surface area contributed by atoms with Crippen LogP contribution in [0.15, 0.2) is 48.5 Å². The van der Waals surface area contributed by atoms with Gasteiger partial charge in [0.25, 0.3) is 0 Å². The van der Waals surface area contributed by atoms with Crippen LogP contribution in [0.3, 0.4) is 0 Å². The lowest BCUT2D eigenvalue weighted by molar-refractivity contribution is 0.0511. The van der Waals surface area contributed by atoms with Gasteiger partial charge in [-0.3, -0.25) is 9.13 Å². The maximum Gasteiger partial charge on any atom is 0.343 e. The summed E-state index contributed by atoms with van der Waals surface area (Å²) in [7, 11) is 0. The number of esters is 2. The Morgan fingerprint density at radius 3 is 1.32 bits per heavy atom. The van der Waals surface area contributed by atoms with Gasteiger partial charge in [0.15, 0.2) is 0 Å². The van der Waals surface area contributed by atoms with Crippen LogP contribution in [0.25, 0.3) is 11.4 Å². The minimum absolute atomic E-state index is 0.0174. The van der Waals surface area contributed by atoms with Crippen molar-refractivity contribution in [3.63, 3.8) is 0 Å². The van der Waals surface area contributed by atoms with Gasteiger partial charge in [-0.15, -0.1) is 0 Å². The van der Waals surface area contributed by atoms with E-state index in [1.165, 1.54) is 33.4 Å². The summed E-state index contributed by atoms with van der Waals surface area (Å²) in [5.74, 6) is -2.02. The van der Waals surface area contributed by atoms with Gasteiger partial charge in [-0.1, -0.05) is 0 Å². The van der Waals surface area contributed by atoms with Crippen LogP contribution in [0, 0.1) is 0 Å². The third-order valence-corrected chi connectivity index (χ3v) is 6.57. The Balaban J connectivity index is 1.77. The predicted molar refractivity (Wildman–Crippen MR) is 136 cm³/mol. The van der Waals surface area contributed by atoms with Gasteiger partial charge >= 0.3 is 11.9 Å². The first-order chi connectivity index (χ1) is 18.3. The van der Waals surface area contributed by atoms with Gasteiger partial charge in [0, 0.05) is 35.6 Å². The molecule has 2 aromatic heterocycles. The molecule has 1 aliphatic rings. The van der Waals surface area contributed by atoms with Gasteiger partial charge in [-0.25, -0.2) is 9.59 Å². The minimum Gasteiger partial charge on any atom is -0.508 e. The van der Waals surface area contributed by atoms with E-state index in [1.54, 1.807) is 38.1 Å². The van der Waals surface area contributed by atoms with E-state index in [0.29, 0.717) is 33.9 Å². The maximum absolute atomic E-state index is 13.0. The number of carbonyl (C=O) groups excluding carboxylic acids is 2. The molecular weight excluding hydrogens is 492 g/mol. The molecule has 0 atom stereocenters. The molecule has 4 N–H and O–H groups in total. The molecule has 0 unspecified atom stereocenters. The summed E-state index contributed by atoms with van der Waals surface area (Å²) in [5.41, 5.74) is 2.94. The summed E-state index contributed by atoms with van der Waals surface area (Å²) in [4.78, 5) is 26.0. The lowest BCUT2D eigenvalue weighted by Gasteiger charge is -2.20. The highest BCUT2D eigenvalue weighted by Crippen LogP contribution is 2.44. The van der Waals surface area contributed by atoms with Crippen LogP contribution in [0.2, 0.25) is 0 Å². The number of carbonyl (C=O) groups is 2. The Kier molecular flexibility index (Phi) is 6.23. The highest BCUT2D eigenvalue weighted by molar-refractivity contribution is 5.97. The Hall–Kier alpha value is -4.86. The number of aromatic nitrogens is 2. The van der Waals surface area contributed by atoms with Crippen molar-refractivity contribution in [2.24, 2.45) is 0 Å². The molecule has 10 nitrogen and oxygen atoms in total. The molecule has 0 bridgehead atoms. The van der Waals surface area contributed by atoms with Gasteiger partial charge in [-0.2, -0.15) is 0 Å². The Bertz CT molecular complexity index is 1430. The zero-order valence-corrected chi connectivity index (χ0v) is 20.8. The maximum atomic E-state index is 13.0. The summed E-state index contributed by atoms with van der Waals surface area (Å²) < 4.78 is 13.5. The fourth-order valence-corrected chi connectivity index (χ4v) is 4.99. The molecule has 0 saturated heterocycles. The van der Waals surface area contributed by atoms with Crippen LogP contribution in [0.5, 0.6) is 23.3 Å². The molecule has 0 fully saturated rings. The van der Waals surface area contributed by atoms with Crippen LogP contribution in [-0.2, 0) is 22.3 Å².